The maximum atomic E-state index is 11.8. The predicted molar refractivity (Wildman–Crippen MR) is 171 cm³/mol. The molecule has 0 aliphatic rings. The molecule has 0 bridgehead atoms. The summed E-state index contributed by atoms with van der Waals surface area (Å²) in [6.07, 6.45) is 42.0. The van der Waals surface area contributed by atoms with Crippen LogP contribution in [0.1, 0.15) is 155 Å². The molecular formula is C36H62O4. The van der Waals surface area contributed by atoms with Crippen LogP contribution in [0.3, 0.4) is 0 Å². The Balaban J connectivity index is 3.43. The first-order chi connectivity index (χ1) is 19.7. The van der Waals surface area contributed by atoms with Crippen LogP contribution in [0.2, 0.25) is 0 Å². The molecule has 4 heteroatoms. The van der Waals surface area contributed by atoms with Gasteiger partial charge in [0.2, 0.25) is 0 Å². The molecule has 0 heterocycles. The summed E-state index contributed by atoms with van der Waals surface area (Å²) in [5, 5.41) is 0. The Morgan fingerprint density at radius 3 is 1.25 bits per heavy atom. The summed E-state index contributed by atoms with van der Waals surface area (Å²) in [6.45, 7) is 4.76. The molecular weight excluding hydrogens is 496 g/mol. The fourth-order valence-corrected chi connectivity index (χ4v) is 4.32. The zero-order valence-corrected chi connectivity index (χ0v) is 26.2. The van der Waals surface area contributed by atoms with Gasteiger partial charge >= 0.3 is 11.9 Å². The van der Waals surface area contributed by atoms with Crippen LogP contribution in [-0.2, 0) is 19.1 Å². The van der Waals surface area contributed by atoms with Gasteiger partial charge in [0.1, 0.15) is 13.2 Å². The van der Waals surface area contributed by atoms with E-state index in [1.807, 2.05) is 0 Å². The maximum Gasteiger partial charge on any atom is 0.305 e. The van der Waals surface area contributed by atoms with E-state index in [0.717, 1.165) is 51.4 Å². The molecule has 0 unspecified atom stereocenters. The van der Waals surface area contributed by atoms with E-state index in [-0.39, 0.29) is 25.2 Å². The lowest BCUT2D eigenvalue weighted by Gasteiger charge is -2.06. The summed E-state index contributed by atoms with van der Waals surface area (Å²) in [5.74, 6) is -0.411. The molecule has 0 atom stereocenters. The van der Waals surface area contributed by atoms with Crippen LogP contribution < -0.4 is 0 Å². The van der Waals surface area contributed by atoms with E-state index in [1.165, 1.54) is 77.0 Å². The van der Waals surface area contributed by atoms with Crippen molar-refractivity contribution in [3.05, 3.63) is 48.6 Å². The van der Waals surface area contributed by atoms with Crippen LogP contribution in [0.5, 0.6) is 0 Å². The predicted octanol–water partition coefficient (Wildman–Crippen LogP) is 10.9. The number of carbonyl (C=O) groups excluding carboxylic acids is 2. The number of unbranched alkanes of at least 4 members (excludes halogenated alkanes) is 14. The lowest BCUT2D eigenvalue weighted by Crippen LogP contribution is -2.13. The summed E-state index contributed by atoms with van der Waals surface area (Å²) in [6, 6.07) is 0. The summed E-state index contributed by atoms with van der Waals surface area (Å²) < 4.78 is 10.4. The Hall–Kier alpha value is -2.10. The molecule has 0 saturated carbocycles. The summed E-state index contributed by atoms with van der Waals surface area (Å²) >= 11 is 0. The number of hydrogen-bond acceptors (Lipinski definition) is 4. The zero-order valence-electron chi connectivity index (χ0n) is 26.2. The third kappa shape index (κ3) is 32.1. The molecule has 0 spiro atoms. The van der Waals surface area contributed by atoms with E-state index in [4.69, 9.17) is 9.47 Å². The Morgan fingerprint density at radius 2 is 0.800 bits per heavy atom. The number of esters is 2. The van der Waals surface area contributed by atoms with Crippen LogP contribution in [0.4, 0.5) is 0 Å². The van der Waals surface area contributed by atoms with Gasteiger partial charge in [-0.05, 0) is 44.9 Å². The molecule has 0 saturated heterocycles. The minimum atomic E-state index is -0.225. The first kappa shape index (κ1) is 37.9. The third-order valence-corrected chi connectivity index (χ3v) is 6.78. The second-order valence-corrected chi connectivity index (χ2v) is 10.7. The van der Waals surface area contributed by atoms with Gasteiger partial charge in [-0.25, -0.2) is 0 Å². The molecule has 0 N–H and O–H groups in total. The summed E-state index contributed by atoms with van der Waals surface area (Å²) in [4.78, 5) is 23.7. The molecule has 230 valence electrons. The molecule has 0 amide bonds. The van der Waals surface area contributed by atoms with Gasteiger partial charge in [-0.2, -0.15) is 0 Å². The van der Waals surface area contributed by atoms with Gasteiger partial charge in [0, 0.05) is 12.8 Å². The van der Waals surface area contributed by atoms with Crippen LogP contribution >= 0.6 is 0 Å². The van der Waals surface area contributed by atoms with E-state index >= 15 is 0 Å². The van der Waals surface area contributed by atoms with Crippen LogP contribution in [0.15, 0.2) is 48.6 Å². The van der Waals surface area contributed by atoms with Crippen molar-refractivity contribution < 1.29 is 19.1 Å². The molecule has 0 aromatic rings. The van der Waals surface area contributed by atoms with Crippen molar-refractivity contribution >= 4 is 11.9 Å². The van der Waals surface area contributed by atoms with E-state index in [0.29, 0.717) is 12.8 Å². The number of hydrogen-bond donors (Lipinski definition) is 0. The molecule has 0 aromatic carbocycles. The van der Waals surface area contributed by atoms with Crippen LogP contribution in [-0.4, -0.2) is 25.2 Å². The highest BCUT2D eigenvalue weighted by molar-refractivity contribution is 5.70. The molecule has 0 aromatic heterocycles. The first-order valence-electron chi connectivity index (χ1n) is 16.6. The van der Waals surface area contributed by atoms with Gasteiger partial charge in [-0.3, -0.25) is 9.59 Å². The van der Waals surface area contributed by atoms with Gasteiger partial charge in [0.25, 0.3) is 0 Å². The average molecular weight is 559 g/mol. The fourth-order valence-electron chi connectivity index (χ4n) is 4.32. The molecule has 0 rings (SSSR count). The van der Waals surface area contributed by atoms with Gasteiger partial charge < -0.3 is 9.47 Å². The molecule has 40 heavy (non-hydrogen) atoms. The van der Waals surface area contributed by atoms with E-state index in [2.05, 4.69) is 62.5 Å². The topological polar surface area (TPSA) is 52.6 Å². The second-order valence-electron chi connectivity index (χ2n) is 10.7. The molecule has 0 aliphatic carbocycles. The number of ether oxygens (including phenoxy) is 2. The number of rotatable bonds is 29. The minimum Gasteiger partial charge on any atom is -0.462 e. The Labute approximate surface area is 247 Å². The summed E-state index contributed by atoms with van der Waals surface area (Å²) in [5.41, 5.74) is 0. The fraction of sp³-hybridized carbons (Fsp3) is 0.722. The highest BCUT2D eigenvalue weighted by Gasteiger charge is 2.05. The SMILES string of the molecule is CCC/C=C/C/C=C/C/C=C/C/C=C/CCCC(=O)OCCOC(=O)CCCCCCCCCCCCCCC. The maximum absolute atomic E-state index is 11.8. The second kappa shape index (κ2) is 33.1. The van der Waals surface area contributed by atoms with Crippen LogP contribution in [0, 0.1) is 0 Å². The number of carbonyl (C=O) groups is 2. The van der Waals surface area contributed by atoms with Crippen molar-refractivity contribution in [3.8, 4) is 0 Å². The van der Waals surface area contributed by atoms with Crippen molar-refractivity contribution in [2.24, 2.45) is 0 Å². The summed E-state index contributed by atoms with van der Waals surface area (Å²) in [7, 11) is 0. The highest BCUT2D eigenvalue weighted by atomic mass is 16.6. The largest absolute Gasteiger partial charge is 0.462 e. The van der Waals surface area contributed by atoms with Crippen molar-refractivity contribution in [2.75, 3.05) is 13.2 Å². The molecule has 0 aliphatic heterocycles. The average Bonchev–Trinajstić information content (AvgIpc) is 2.95. The van der Waals surface area contributed by atoms with E-state index < -0.39 is 0 Å². The molecule has 0 radical (unpaired) electrons. The Kier molecular flexibility index (Phi) is 31.4. The van der Waals surface area contributed by atoms with Crippen molar-refractivity contribution in [1.29, 1.82) is 0 Å². The third-order valence-electron chi connectivity index (χ3n) is 6.78. The lowest BCUT2D eigenvalue weighted by atomic mass is 10.0. The van der Waals surface area contributed by atoms with E-state index in [9.17, 15) is 9.59 Å². The van der Waals surface area contributed by atoms with Gasteiger partial charge in [0.05, 0.1) is 0 Å². The first-order valence-corrected chi connectivity index (χ1v) is 16.6. The van der Waals surface area contributed by atoms with Crippen molar-refractivity contribution in [3.63, 3.8) is 0 Å². The quantitative estimate of drug-likeness (QED) is 0.0520. The Bertz CT molecular complexity index is 674. The Morgan fingerprint density at radius 1 is 0.425 bits per heavy atom. The molecule has 0 fully saturated rings. The van der Waals surface area contributed by atoms with Gasteiger partial charge in [-0.1, -0.05) is 146 Å². The highest BCUT2D eigenvalue weighted by Crippen LogP contribution is 2.13. The van der Waals surface area contributed by atoms with Gasteiger partial charge in [0.15, 0.2) is 0 Å². The smallest absolute Gasteiger partial charge is 0.305 e. The lowest BCUT2D eigenvalue weighted by molar-refractivity contribution is -0.152. The monoisotopic (exact) mass is 558 g/mol. The standard InChI is InChI=1S/C36H62O4/c1-3-5-7-9-11-13-15-17-18-20-22-24-26-28-30-32-36(38)40-34-33-39-35(37)31-29-27-25-23-21-19-16-14-12-10-8-6-4-2/h7,9,13,15,18,20,24,26H,3-6,8,10-12,14,16-17,19,21-23,25,27-34H2,1-2H3/b9-7+,15-13+,20-18+,26-24+. The van der Waals surface area contributed by atoms with Crippen LogP contribution in [0.25, 0.3) is 0 Å². The minimum absolute atomic E-state index is 0.146. The van der Waals surface area contributed by atoms with Gasteiger partial charge in [-0.15, -0.1) is 0 Å². The van der Waals surface area contributed by atoms with E-state index in [1.54, 1.807) is 0 Å². The van der Waals surface area contributed by atoms with Crippen molar-refractivity contribution in [1.82, 2.24) is 0 Å². The normalized spacial score (nSPS) is 11.9. The molecule has 4 nitrogen and oxygen atoms in total. The zero-order chi connectivity index (χ0) is 29.2. The number of allylic oxidation sites excluding steroid dienone is 8. The van der Waals surface area contributed by atoms with Crippen molar-refractivity contribution in [2.45, 2.75) is 155 Å².